The van der Waals surface area contributed by atoms with E-state index in [9.17, 15) is 0 Å². The fourth-order valence-electron chi connectivity index (χ4n) is 2.24. The van der Waals surface area contributed by atoms with E-state index in [2.05, 4.69) is 24.2 Å². The van der Waals surface area contributed by atoms with Crippen LogP contribution in [0.1, 0.15) is 49.2 Å². The van der Waals surface area contributed by atoms with Gasteiger partial charge in [-0.15, -0.1) is 11.3 Å². The molecule has 2 nitrogen and oxygen atoms in total. The normalized spacial score (nSPS) is 26.8. The van der Waals surface area contributed by atoms with E-state index in [1.165, 1.54) is 23.5 Å². The number of hydrogen-bond acceptors (Lipinski definition) is 3. The number of ether oxygens (including phenoxy) is 1. The van der Waals surface area contributed by atoms with Gasteiger partial charge in [0.1, 0.15) is 0 Å². The molecule has 0 aromatic carbocycles. The maximum atomic E-state index is 5.75. The number of hydrogen-bond donors (Lipinski definition) is 0. The van der Waals surface area contributed by atoms with Crippen LogP contribution in [-0.2, 0) is 4.74 Å². The third-order valence-electron chi connectivity index (χ3n) is 3.03. The molecule has 0 amide bonds. The lowest BCUT2D eigenvalue weighted by Crippen LogP contribution is -2.24. The Morgan fingerprint density at radius 3 is 3.13 bits per heavy atom. The molecule has 1 aliphatic heterocycles. The zero-order chi connectivity index (χ0) is 10.7. The summed E-state index contributed by atoms with van der Waals surface area (Å²) in [4.78, 5) is 4.59. The highest BCUT2D eigenvalue weighted by molar-refractivity contribution is 7.09. The molecule has 0 radical (unpaired) electrons. The summed E-state index contributed by atoms with van der Waals surface area (Å²) in [7, 11) is 0. The molecule has 1 fully saturated rings. The van der Waals surface area contributed by atoms with Crippen molar-refractivity contribution in [3.05, 3.63) is 16.1 Å². The minimum absolute atomic E-state index is 0.468. The Morgan fingerprint density at radius 1 is 1.60 bits per heavy atom. The van der Waals surface area contributed by atoms with Crippen molar-refractivity contribution >= 4 is 11.3 Å². The van der Waals surface area contributed by atoms with Gasteiger partial charge in [-0.05, 0) is 26.2 Å². The molecule has 2 rings (SSSR count). The Morgan fingerprint density at radius 2 is 2.47 bits per heavy atom. The molecule has 0 unspecified atom stereocenters. The molecule has 2 heterocycles. The zero-order valence-electron chi connectivity index (χ0n) is 9.53. The Labute approximate surface area is 95.7 Å². The van der Waals surface area contributed by atoms with Crippen LogP contribution in [0.25, 0.3) is 0 Å². The summed E-state index contributed by atoms with van der Waals surface area (Å²) in [6.45, 7) is 5.21. The molecule has 0 bridgehead atoms. The molecule has 0 spiro atoms. The Balaban J connectivity index is 1.98. The highest BCUT2D eigenvalue weighted by Gasteiger charge is 2.24. The van der Waals surface area contributed by atoms with Crippen molar-refractivity contribution in [3.63, 3.8) is 0 Å². The maximum absolute atomic E-state index is 5.75. The van der Waals surface area contributed by atoms with Gasteiger partial charge in [0.25, 0.3) is 0 Å². The SMILES string of the molecule is CCC[C@@H]1C[C@@H](c2csc(C)n2)CCO1. The van der Waals surface area contributed by atoms with Crippen molar-refractivity contribution in [3.8, 4) is 0 Å². The summed E-state index contributed by atoms with van der Waals surface area (Å²) in [5.41, 5.74) is 1.29. The quantitative estimate of drug-likeness (QED) is 0.785. The lowest BCUT2D eigenvalue weighted by atomic mass is 9.91. The van der Waals surface area contributed by atoms with Crippen molar-refractivity contribution in [1.29, 1.82) is 0 Å². The molecule has 0 saturated carbocycles. The average Bonchev–Trinajstić information content (AvgIpc) is 2.66. The van der Waals surface area contributed by atoms with Gasteiger partial charge in [-0.2, -0.15) is 0 Å². The number of aromatic nitrogens is 1. The van der Waals surface area contributed by atoms with Crippen molar-refractivity contribution in [1.82, 2.24) is 4.98 Å². The van der Waals surface area contributed by atoms with Crippen LogP contribution in [0.5, 0.6) is 0 Å². The molecule has 0 N–H and O–H groups in total. The Bertz CT molecular complexity index is 308. The molecule has 1 aromatic heterocycles. The molecular formula is C12H19NOS. The van der Waals surface area contributed by atoms with Crippen LogP contribution in [0.15, 0.2) is 5.38 Å². The number of aryl methyl sites for hydroxylation is 1. The Kier molecular flexibility index (Phi) is 3.76. The van der Waals surface area contributed by atoms with E-state index in [1.807, 2.05) is 0 Å². The predicted octanol–water partition coefficient (Wildman–Crippen LogP) is 3.51. The van der Waals surface area contributed by atoms with Crippen LogP contribution in [0, 0.1) is 6.92 Å². The summed E-state index contributed by atoms with van der Waals surface area (Å²) in [6, 6.07) is 0. The molecule has 0 aliphatic carbocycles. The fraction of sp³-hybridized carbons (Fsp3) is 0.750. The van der Waals surface area contributed by atoms with Crippen LogP contribution in [0.2, 0.25) is 0 Å². The first-order chi connectivity index (χ1) is 7.29. The largest absolute Gasteiger partial charge is 0.378 e. The van der Waals surface area contributed by atoms with Crippen molar-refractivity contribution < 1.29 is 4.74 Å². The van der Waals surface area contributed by atoms with Crippen LogP contribution in [0.4, 0.5) is 0 Å². The summed E-state index contributed by atoms with van der Waals surface area (Å²) in [5, 5.41) is 3.40. The molecule has 2 atom stereocenters. The molecule has 15 heavy (non-hydrogen) atoms. The van der Waals surface area contributed by atoms with Gasteiger partial charge >= 0.3 is 0 Å². The maximum Gasteiger partial charge on any atom is 0.0897 e. The van der Waals surface area contributed by atoms with Gasteiger partial charge in [-0.25, -0.2) is 4.98 Å². The molecule has 1 aromatic rings. The lowest BCUT2D eigenvalue weighted by Gasteiger charge is -2.28. The number of nitrogens with zero attached hydrogens (tertiary/aromatic N) is 1. The van der Waals surface area contributed by atoms with E-state index in [-0.39, 0.29) is 0 Å². The van der Waals surface area contributed by atoms with Crippen LogP contribution in [-0.4, -0.2) is 17.7 Å². The number of thiazole rings is 1. The van der Waals surface area contributed by atoms with E-state index < -0.39 is 0 Å². The Hall–Kier alpha value is -0.410. The van der Waals surface area contributed by atoms with E-state index >= 15 is 0 Å². The van der Waals surface area contributed by atoms with E-state index in [4.69, 9.17) is 4.74 Å². The summed E-state index contributed by atoms with van der Waals surface area (Å²) >= 11 is 1.76. The minimum Gasteiger partial charge on any atom is -0.378 e. The summed E-state index contributed by atoms with van der Waals surface area (Å²) < 4.78 is 5.75. The van der Waals surface area contributed by atoms with Gasteiger partial charge in [-0.3, -0.25) is 0 Å². The third-order valence-corrected chi connectivity index (χ3v) is 3.82. The zero-order valence-corrected chi connectivity index (χ0v) is 10.3. The topological polar surface area (TPSA) is 22.1 Å². The van der Waals surface area contributed by atoms with Gasteiger partial charge in [0.15, 0.2) is 0 Å². The monoisotopic (exact) mass is 225 g/mol. The van der Waals surface area contributed by atoms with Crippen molar-refractivity contribution in [2.75, 3.05) is 6.61 Å². The van der Waals surface area contributed by atoms with Crippen LogP contribution >= 0.6 is 11.3 Å². The molecular weight excluding hydrogens is 206 g/mol. The fourth-order valence-corrected chi connectivity index (χ4v) is 2.93. The predicted molar refractivity (Wildman–Crippen MR) is 63.5 cm³/mol. The highest BCUT2D eigenvalue weighted by Crippen LogP contribution is 2.31. The van der Waals surface area contributed by atoms with Crippen LogP contribution < -0.4 is 0 Å². The van der Waals surface area contributed by atoms with Gasteiger partial charge < -0.3 is 4.74 Å². The first-order valence-electron chi connectivity index (χ1n) is 5.83. The first-order valence-corrected chi connectivity index (χ1v) is 6.71. The minimum atomic E-state index is 0.468. The van der Waals surface area contributed by atoms with E-state index in [0.29, 0.717) is 12.0 Å². The number of rotatable bonds is 3. The second kappa shape index (κ2) is 5.08. The second-order valence-electron chi connectivity index (χ2n) is 4.29. The first kappa shape index (κ1) is 11.1. The summed E-state index contributed by atoms with van der Waals surface area (Å²) in [5.74, 6) is 0.639. The van der Waals surface area contributed by atoms with Gasteiger partial charge in [0, 0.05) is 17.9 Å². The van der Waals surface area contributed by atoms with Crippen molar-refractivity contribution in [2.45, 2.75) is 51.6 Å². The molecule has 1 saturated heterocycles. The molecule has 3 heteroatoms. The smallest absolute Gasteiger partial charge is 0.0897 e. The summed E-state index contributed by atoms with van der Waals surface area (Å²) in [6.07, 6.45) is 5.18. The van der Waals surface area contributed by atoms with Gasteiger partial charge in [0.2, 0.25) is 0 Å². The molecule has 84 valence electrons. The van der Waals surface area contributed by atoms with E-state index in [1.54, 1.807) is 11.3 Å². The second-order valence-corrected chi connectivity index (χ2v) is 5.36. The average molecular weight is 225 g/mol. The van der Waals surface area contributed by atoms with Crippen molar-refractivity contribution in [2.24, 2.45) is 0 Å². The van der Waals surface area contributed by atoms with Gasteiger partial charge in [-0.1, -0.05) is 13.3 Å². The standard InChI is InChI=1S/C12H19NOS/c1-3-4-11-7-10(5-6-14-11)12-8-15-9(2)13-12/h8,10-11H,3-7H2,1-2H3/t10-,11+/m0/s1. The molecule has 1 aliphatic rings. The van der Waals surface area contributed by atoms with E-state index in [0.717, 1.165) is 19.4 Å². The van der Waals surface area contributed by atoms with Gasteiger partial charge in [0.05, 0.1) is 16.8 Å². The lowest BCUT2D eigenvalue weighted by molar-refractivity contribution is 0.00110. The third kappa shape index (κ3) is 2.79. The highest BCUT2D eigenvalue weighted by atomic mass is 32.1. The van der Waals surface area contributed by atoms with Crippen LogP contribution in [0.3, 0.4) is 0 Å².